The molecule has 6 heteroatoms. The van der Waals surface area contributed by atoms with Crippen LogP contribution in [-0.2, 0) is 9.59 Å². The van der Waals surface area contributed by atoms with Crippen molar-refractivity contribution in [3.8, 4) is 0 Å². The summed E-state index contributed by atoms with van der Waals surface area (Å²) in [5, 5.41) is 9.09. The van der Waals surface area contributed by atoms with Crippen molar-refractivity contribution < 1.29 is 19.5 Å². The van der Waals surface area contributed by atoms with Gasteiger partial charge in [-0.25, -0.2) is 0 Å². The molecule has 2 fully saturated rings. The van der Waals surface area contributed by atoms with Crippen molar-refractivity contribution in [1.29, 1.82) is 0 Å². The lowest BCUT2D eigenvalue weighted by Crippen LogP contribution is -2.57. The summed E-state index contributed by atoms with van der Waals surface area (Å²) < 4.78 is 0. The van der Waals surface area contributed by atoms with E-state index in [4.69, 9.17) is 5.11 Å². The lowest BCUT2D eigenvalue weighted by molar-refractivity contribution is -0.144. The minimum absolute atomic E-state index is 0.0333. The highest BCUT2D eigenvalue weighted by Crippen LogP contribution is 2.35. The second-order valence-corrected chi connectivity index (χ2v) is 7.09. The van der Waals surface area contributed by atoms with Crippen LogP contribution >= 0.6 is 0 Å². The van der Waals surface area contributed by atoms with E-state index >= 15 is 0 Å². The van der Waals surface area contributed by atoms with Gasteiger partial charge >= 0.3 is 5.97 Å². The van der Waals surface area contributed by atoms with Gasteiger partial charge < -0.3 is 14.9 Å². The standard InChI is InChI=1S/C19H24N2O4/c1-19(18(25)20-11-5-9-15(20)13-16(22)23)10-6-12-21(19)17(24)14-7-3-2-4-8-14/h2-4,7-8,15H,5-6,9-13H2,1H3,(H,22,23). The summed E-state index contributed by atoms with van der Waals surface area (Å²) in [7, 11) is 0. The van der Waals surface area contributed by atoms with Crippen LogP contribution in [0.3, 0.4) is 0 Å². The minimum Gasteiger partial charge on any atom is -0.481 e. The number of hydrogen-bond acceptors (Lipinski definition) is 3. The summed E-state index contributed by atoms with van der Waals surface area (Å²) in [6, 6.07) is 8.73. The average molecular weight is 344 g/mol. The Morgan fingerprint density at radius 1 is 1.16 bits per heavy atom. The highest BCUT2D eigenvalue weighted by atomic mass is 16.4. The van der Waals surface area contributed by atoms with Gasteiger partial charge in [0.2, 0.25) is 5.91 Å². The number of nitrogens with zero attached hydrogens (tertiary/aromatic N) is 2. The third-order valence-corrected chi connectivity index (χ3v) is 5.42. The molecule has 0 aliphatic carbocycles. The second kappa shape index (κ2) is 6.86. The van der Waals surface area contributed by atoms with Gasteiger partial charge in [0.1, 0.15) is 5.54 Å². The molecule has 2 aliphatic rings. The van der Waals surface area contributed by atoms with E-state index in [0.29, 0.717) is 31.5 Å². The van der Waals surface area contributed by atoms with Crippen LogP contribution < -0.4 is 0 Å². The maximum Gasteiger partial charge on any atom is 0.305 e. The van der Waals surface area contributed by atoms with Gasteiger partial charge in [-0.1, -0.05) is 18.2 Å². The first kappa shape index (κ1) is 17.5. The number of carbonyl (C=O) groups is 3. The summed E-state index contributed by atoms with van der Waals surface area (Å²) in [5.74, 6) is -1.14. The highest BCUT2D eigenvalue weighted by molar-refractivity contribution is 5.99. The summed E-state index contributed by atoms with van der Waals surface area (Å²) in [6.45, 7) is 2.94. The van der Waals surface area contributed by atoms with Crippen LogP contribution in [0.4, 0.5) is 0 Å². The Kier molecular flexibility index (Phi) is 4.79. The molecular weight excluding hydrogens is 320 g/mol. The number of aliphatic carboxylic acids is 1. The maximum absolute atomic E-state index is 13.2. The Labute approximate surface area is 147 Å². The molecule has 2 aliphatic heterocycles. The fourth-order valence-electron chi connectivity index (χ4n) is 4.07. The molecule has 134 valence electrons. The van der Waals surface area contributed by atoms with Crippen molar-refractivity contribution in [3.05, 3.63) is 35.9 Å². The van der Waals surface area contributed by atoms with Crippen LogP contribution in [0, 0.1) is 0 Å². The van der Waals surface area contributed by atoms with Gasteiger partial charge in [-0.05, 0) is 44.7 Å². The number of likely N-dealkylation sites (tertiary alicyclic amines) is 2. The molecule has 2 heterocycles. The van der Waals surface area contributed by atoms with Gasteiger partial charge in [0, 0.05) is 24.7 Å². The largest absolute Gasteiger partial charge is 0.481 e. The van der Waals surface area contributed by atoms with E-state index in [1.54, 1.807) is 21.9 Å². The van der Waals surface area contributed by atoms with Crippen molar-refractivity contribution in [2.45, 2.75) is 50.6 Å². The fourth-order valence-corrected chi connectivity index (χ4v) is 4.07. The average Bonchev–Trinajstić information content (AvgIpc) is 3.21. The molecule has 2 unspecified atom stereocenters. The van der Waals surface area contributed by atoms with E-state index < -0.39 is 11.5 Å². The number of hydrogen-bond donors (Lipinski definition) is 1. The lowest BCUT2D eigenvalue weighted by Gasteiger charge is -2.38. The zero-order valence-electron chi connectivity index (χ0n) is 14.5. The van der Waals surface area contributed by atoms with Crippen molar-refractivity contribution in [1.82, 2.24) is 9.80 Å². The lowest BCUT2D eigenvalue weighted by atomic mass is 9.95. The van der Waals surface area contributed by atoms with Crippen LogP contribution in [-0.4, -0.2) is 57.4 Å². The van der Waals surface area contributed by atoms with Gasteiger partial charge in [0.05, 0.1) is 6.42 Å². The molecule has 25 heavy (non-hydrogen) atoms. The monoisotopic (exact) mass is 344 g/mol. The maximum atomic E-state index is 13.2. The van der Waals surface area contributed by atoms with Gasteiger partial charge in [0.15, 0.2) is 0 Å². The summed E-state index contributed by atoms with van der Waals surface area (Å²) in [6.07, 6.45) is 2.88. The summed E-state index contributed by atoms with van der Waals surface area (Å²) in [5.41, 5.74) is -0.319. The summed E-state index contributed by atoms with van der Waals surface area (Å²) >= 11 is 0. The molecule has 2 saturated heterocycles. The molecular formula is C19H24N2O4. The van der Waals surface area contributed by atoms with Crippen LogP contribution in [0.25, 0.3) is 0 Å². The third kappa shape index (κ3) is 3.25. The first-order valence-corrected chi connectivity index (χ1v) is 8.83. The summed E-state index contributed by atoms with van der Waals surface area (Å²) in [4.78, 5) is 40.6. The van der Waals surface area contributed by atoms with Crippen molar-refractivity contribution in [2.24, 2.45) is 0 Å². The van der Waals surface area contributed by atoms with E-state index in [9.17, 15) is 14.4 Å². The smallest absolute Gasteiger partial charge is 0.305 e. The van der Waals surface area contributed by atoms with Crippen LogP contribution in [0.5, 0.6) is 0 Å². The quantitative estimate of drug-likeness (QED) is 0.908. The Morgan fingerprint density at radius 2 is 1.88 bits per heavy atom. The molecule has 0 radical (unpaired) electrons. The van der Waals surface area contributed by atoms with Gasteiger partial charge in [-0.3, -0.25) is 14.4 Å². The van der Waals surface area contributed by atoms with E-state index in [-0.39, 0.29) is 24.3 Å². The van der Waals surface area contributed by atoms with Crippen molar-refractivity contribution in [3.63, 3.8) is 0 Å². The molecule has 3 rings (SSSR count). The van der Waals surface area contributed by atoms with Crippen LogP contribution in [0.1, 0.15) is 49.4 Å². The minimum atomic E-state index is -0.895. The molecule has 0 saturated carbocycles. The Morgan fingerprint density at radius 3 is 2.56 bits per heavy atom. The molecule has 1 N–H and O–H groups in total. The van der Waals surface area contributed by atoms with Gasteiger partial charge in [-0.2, -0.15) is 0 Å². The normalized spacial score (nSPS) is 26.0. The molecule has 1 aromatic rings. The number of amides is 2. The predicted octanol–water partition coefficient (Wildman–Crippen LogP) is 2.15. The Hall–Kier alpha value is -2.37. The number of carbonyl (C=O) groups excluding carboxylic acids is 2. The first-order valence-electron chi connectivity index (χ1n) is 8.83. The number of benzene rings is 1. The fraction of sp³-hybridized carbons (Fsp3) is 0.526. The Bertz CT molecular complexity index is 675. The third-order valence-electron chi connectivity index (χ3n) is 5.42. The predicted molar refractivity (Wildman–Crippen MR) is 92.1 cm³/mol. The number of carboxylic acids is 1. The van der Waals surface area contributed by atoms with Crippen LogP contribution in [0.15, 0.2) is 30.3 Å². The molecule has 0 aromatic heterocycles. The second-order valence-electron chi connectivity index (χ2n) is 7.09. The molecule has 0 bridgehead atoms. The van der Waals surface area contributed by atoms with Crippen molar-refractivity contribution in [2.75, 3.05) is 13.1 Å². The molecule has 2 amide bonds. The van der Waals surface area contributed by atoms with E-state index in [2.05, 4.69) is 0 Å². The van der Waals surface area contributed by atoms with E-state index in [0.717, 1.165) is 12.8 Å². The van der Waals surface area contributed by atoms with Crippen LogP contribution in [0.2, 0.25) is 0 Å². The first-order chi connectivity index (χ1) is 11.9. The molecule has 1 aromatic carbocycles. The molecule has 0 spiro atoms. The SMILES string of the molecule is CC1(C(=O)N2CCCC2CC(=O)O)CCCN1C(=O)c1ccccc1. The van der Waals surface area contributed by atoms with E-state index in [1.165, 1.54) is 0 Å². The zero-order valence-corrected chi connectivity index (χ0v) is 14.5. The Balaban J connectivity index is 1.82. The topological polar surface area (TPSA) is 77.9 Å². The molecule has 6 nitrogen and oxygen atoms in total. The zero-order chi connectivity index (χ0) is 18.0. The van der Waals surface area contributed by atoms with E-state index in [1.807, 2.05) is 25.1 Å². The van der Waals surface area contributed by atoms with Crippen molar-refractivity contribution >= 4 is 17.8 Å². The molecule has 2 atom stereocenters. The number of carboxylic acid groups (broad SMARTS) is 1. The van der Waals surface area contributed by atoms with Gasteiger partial charge in [0.25, 0.3) is 5.91 Å². The highest BCUT2D eigenvalue weighted by Gasteiger charge is 2.49. The number of rotatable bonds is 4. The van der Waals surface area contributed by atoms with Gasteiger partial charge in [-0.15, -0.1) is 0 Å².